The van der Waals surface area contributed by atoms with Crippen LogP contribution >= 0.6 is 0 Å². The Morgan fingerprint density at radius 1 is 1.40 bits per heavy atom. The second-order valence-electron chi connectivity index (χ2n) is 6.13. The molecule has 7 heteroatoms. The molecule has 0 bridgehead atoms. The lowest BCUT2D eigenvalue weighted by Gasteiger charge is -2.40. The number of unbranched alkanes of at least 4 members (excludes halogenated alkanes) is 1. The number of morpholine rings is 1. The van der Waals surface area contributed by atoms with Crippen molar-refractivity contribution in [1.82, 2.24) is 4.90 Å². The van der Waals surface area contributed by atoms with E-state index in [4.69, 9.17) is 10.5 Å². The molecule has 2 unspecified atom stereocenters. The summed E-state index contributed by atoms with van der Waals surface area (Å²) in [4.78, 5) is 25.3. The molecule has 1 aliphatic rings. The number of ether oxygens (including phenoxy) is 1. The van der Waals surface area contributed by atoms with E-state index in [-0.39, 0.29) is 25.0 Å². The molecule has 2 amide bonds. The van der Waals surface area contributed by atoms with Crippen LogP contribution in [-0.4, -0.2) is 54.2 Å². The highest BCUT2D eigenvalue weighted by atomic mass is 16.5. The topological polar surface area (TPSA) is 105 Å². The fraction of sp³-hybridized carbons (Fsp3) is 0.556. The van der Waals surface area contributed by atoms with E-state index in [1.165, 1.54) is 0 Å². The van der Waals surface area contributed by atoms with Gasteiger partial charge in [-0.1, -0.05) is 25.5 Å². The Hall–Kier alpha value is -1.96. The summed E-state index contributed by atoms with van der Waals surface area (Å²) < 4.78 is 5.65. The number of aliphatic hydroxyl groups is 1. The number of aliphatic hydroxyl groups excluding tert-OH is 1. The van der Waals surface area contributed by atoms with Crippen LogP contribution in [0.3, 0.4) is 0 Å². The molecule has 0 aliphatic carbocycles. The lowest BCUT2D eigenvalue weighted by atomic mass is 9.99. The molecule has 1 heterocycles. The van der Waals surface area contributed by atoms with Crippen LogP contribution in [0.2, 0.25) is 0 Å². The molecule has 0 radical (unpaired) electrons. The van der Waals surface area contributed by atoms with Crippen molar-refractivity contribution >= 4 is 17.5 Å². The highest BCUT2D eigenvalue weighted by molar-refractivity contribution is 5.90. The summed E-state index contributed by atoms with van der Waals surface area (Å²) in [6.45, 7) is 2.53. The van der Waals surface area contributed by atoms with Gasteiger partial charge in [0.25, 0.3) is 0 Å². The van der Waals surface area contributed by atoms with Crippen LogP contribution in [0, 0.1) is 0 Å². The maximum Gasteiger partial charge on any atom is 0.249 e. The SMILES string of the molecule is CCCCC(=O)Nc1ccc(C2OCC(=O)N(CCN)C2CO)cc1. The Labute approximate surface area is 148 Å². The van der Waals surface area contributed by atoms with Crippen LogP contribution in [-0.2, 0) is 14.3 Å². The molecule has 1 fully saturated rings. The van der Waals surface area contributed by atoms with Gasteiger partial charge < -0.3 is 25.8 Å². The highest BCUT2D eigenvalue weighted by Crippen LogP contribution is 2.29. The highest BCUT2D eigenvalue weighted by Gasteiger charge is 2.36. The van der Waals surface area contributed by atoms with Gasteiger partial charge in [-0.05, 0) is 24.1 Å². The fourth-order valence-electron chi connectivity index (χ4n) is 2.96. The van der Waals surface area contributed by atoms with Gasteiger partial charge in [-0.15, -0.1) is 0 Å². The number of rotatable bonds is 8. The number of carbonyl (C=O) groups excluding carboxylic acids is 2. The Balaban J connectivity index is 2.07. The van der Waals surface area contributed by atoms with Crippen LogP contribution < -0.4 is 11.1 Å². The fourth-order valence-corrected chi connectivity index (χ4v) is 2.96. The number of carbonyl (C=O) groups is 2. The minimum absolute atomic E-state index is 0.00327. The van der Waals surface area contributed by atoms with Crippen molar-refractivity contribution in [3.05, 3.63) is 29.8 Å². The lowest BCUT2D eigenvalue weighted by molar-refractivity contribution is -0.160. The third kappa shape index (κ3) is 5.01. The summed E-state index contributed by atoms with van der Waals surface area (Å²) in [5.41, 5.74) is 7.13. The molecule has 4 N–H and O–H groups in total. The predicted octanol–water partition coefficient (Wildman–Crippen LogP) is 1.03. The first-order valence-corrected chi connectivity index (χ1v) is 8.72. The molecule has 0 spiro atoms. The van der Waals surface area contributed by atoms with Crippen molar-refractivity contribution in [2.75, 3.05) is 31.6 Å². The van der Waals surface area contributed by atoms with Crippen LogP contribution in [0.5, 0.6) is 0 Å². The van der Waals surface area contributed by atoms with Crippen molar-refractivity contribution in [2.24, 2.45) is 5.73 Å². The number of nitrogens with one attached hydrogen (secondary N) is 1. The summed E-state index contributed by atoms with van der Waals surface area (Å²) >= 11 is 0. The average molecular weight is 349 g/mol. The smallest absolute Gasteiger partial charge is 0.249 e. The standard InChI is InChI=1S/C18H27N3O4/c1-2-3-4-16(23)20-14-7-5-13(6-8-14)18-15(11-22)21(10-9-19)17(24)12-25-18/h5-8,15,18,22H,2-4,9-12,19H2,1H3,(H,20,23). The van der Waals surface area contributed by atoms with Gasteiger partial charge >= 0.3 is 0 Å². The number of nitrogens with two attached hydrogens (primary N) is 1. The van der Waals surface area contributed by atoms with Crippen molar-refractivity contribution in [2.45, 2.75) is 38.3 Å². The zero-order valence-corrected chi connectivity index (χ0v) is 14.6. The molecule has 1 aromatic rings. The maximum absolute atomic E-state index is 12.0. The molecular weight excluding hydrogens is 322 g/mol. The van der Waals surface area contributed by atoms with E-state index in [9.17, 15) is 14.7 Å². The van der Waals surface area contributed by atoms with Crippen LogP contribution in [0.25, 0.3) is 0 Å². The molecule has 7 nitrogen and oxygen atoms in total. The van der Waals surface area contributed by atoms with E-state index in [0.29, 0.717) is 19.5 Å². The summed E-state index contributed by atoms with van der Waals surface area (Å²) in [7, 11) is 0. The third-order valence-electron chi connectivity index (χ3n) is 4.29. The zero-order chi connectivity index (χ0) is 18.2. The molecular formula is C18H27N3O4. The third-order valence-corrected chi connectivity index (χ3v) is 4.29. The first-order valence-electron chi connectivity index (χ1n) is 8.72. The van der Waals surface area contributed by atoms with Gasteiger partial charge in [0, 0.05) is 25.2 Å². The monoisotopic (exact) mass is 349 g/mol. The second kappa shape index (κ2) is 9.50. The Morgan fingerprint density at radius 3 is 2.72 bits per heavy atom. The normalized spacial score (nSPS) is 20.6. The maximum atomic E-state index is 12.0. The minimum atomic E-state index is -0.463. The number of hydrogen-bond donors (Lipinski definition) is 3. The molecule has 2 rings (SSSR count). The van der Waals surface area contributed by atoms with E-state index in [0.717, 1.165) is 24.1 Å². The van der Waals surface area contributed by atoms with Gasteiger partial charge in [0.05, 0.1) is 12.6 Å². The number of benzene rings is 1. The van der Waals surface area contributed by atoms with Crippen LogP contribution in [0.15, 0.2) is 24.3 Å². The molecule has 1 saturated heterocycles. The van der Waals surface area contributed by atoms with E-state index in [2.05, 4.69) is 5.32 Å². The van der Waals surface area contributed by atoms with Crippen molar-refractivity contribution in [3.8, 4) is 0 Å². The first-order chi connectivity index (χ1) is 12.1. The molecule has 25 heavy (non-hydrogen) atoms. The second-order valence-corrected chi connectivity index (χ2v) is 6.13. The van der Waals surface area contributed by atoms with Crippen molar-refractivity contribution in [3.63, 3.8) is 0 Å². The summed E-state index contributed by atoms with van der Waals surface area (Å²) in [6, 6.07) is 6.84. The number of anilines is 1. The van der Waals surface area contributed by atoms with Crippen LogP contribution in [0.4, 0.5) is 5.69 Å². The lowest BCUT2D eigenvalue weighted by Crippen LogP contribution is -2.54. The summed E-state index contributed by atoms with van der Waals surface area (Å²) in [6.07, 6.45) is 1.93. The quantitative estimate of drug-likeness (QED) is 0.650. The Morgan fingerprint density at radius 2 is 2.12 bits per heavy atom. The summed E-state index contributed by atoms with van der Waals surface area (Å²) in [5, 5.41) is 12.6. The first kappa shape index (κ1) is 19.4. The Kier molecular flexibility index (Phi) is 7.36. The van der Waals surface area contributed by atoms with Gasteiger partial charge in [0.2, 0.25) is 11.8 Å². The van der Waals surface area contributed by atoms with E-state index >= 15 is 0 Å². The molecule has 0 aromatic heterocycles. The predicted molar refractivity (Wildman–Crippen MR) is 94.9 cm³/mol. The van der Waals surface area contributed by atoms with Gasteiger partial charge in [0.15, 0.2) is 0 Å². The van der Waals surface area contributed by atoms with Gasteiger partial charge in [0.1, 0.15) is 12.7 Å². The zero-order valence-electron chi connectivity index (χ0n) is 14.6. The van der Waals surface area contributed by atoms with E-state index < -0.39 is 12.1 Å². The van der Waals surface area contributed by atoms with Gasteiger partial charge in [-0.25, -0.2) is 0 Å². The minimum Gasteiger partial charge on any atom is -0.394 e. The summed E-state index contributed by atoms with van der Waals surface area (Å²) in [5.74, 6) is -0.169. The van der Waals surface area contributed by atoms with Crippen LogP contribution in [0.1, 0.15) is 37.9 Å². The number of nitrogens with zero attached hydrogens (tertiary/aromatic N) is 1. The average Bonchev–Trinajstić information content (AvgIpc) is 2.62. The molecule has 0 saturated carbocycles. The largest absolute Gasteiger partial charge is 0.394 e. The molecule has 1 aliphatic heterocycles. The number of hydrogen-bond acceptors (Lipinski definition) is 5. The van der Waals surface area contributed by atoms with Gasteiger partial charge in [-0.2, -0.15) is 0 Å². The van der Waals surface area contributed by atoms with Crippen molar-refractivity contribution in [1.29, 1.82) is 0 Å². The van der Waals surface area contributed by atoms with E-state index in [1.54, 1.807) is 17.0 Å². The molecule has 1 aromatic carbocycles. The molecule has 138 valence electrons. The molecule has 2 atom stereocenters. The Bertz CT molecular complexity index is 576. The van der Waals surface area contributed by atoms with E-state index in [1.807, 2.05) is 19.1 Å². The van der Waals surface area contributed by atoms with Crippen molar-refractivity contribution < 1.29 is 19.4 Å². The number of amides is 2. The van der Waals surface area contributed by atoms with Gasteiger partial charge in [-0.3, -0.25) is 9.59 Å².